The molecule has 7 nitrogen and oxygen atoms in total. The van der Waals surface area contributed by atoms with Gasteiger partial charge in [0.25, 0.3) is 11.6 Å². The summed E-state index contributed by atoms with van der Waals surface area (Å²) in [7, 11) is 0. The van der Waals surface area contributed by atoms with Gasteiger partial charge in [-0.25, -0.2) is 0 Å². The summed E-state index contributed by atoms with van der Waals surface area (Å²) in [5, 5.41) is 13.8. The van der Waals surface area contributed by atoms with Gasteiger partial charge in [0.05, 0.1) is 15.5 Å². The summed E-state index contributed by atoms with van der Waals surface area (Å²) >= 11 is 6.09. The number of amides is 1. The predicted octanol–water partition coefficient (Wildman–Crippen LogP) is 4.50. The zero-order valence-electron chi connectivity index (χ0n) is 18.1. The molecule has 0 unspecified atom stereocenters. The molecule has 0 bridgehead atoms. The summed E-state index contributed by atoms with van der Waals surface area (Å²) < 4.78 is 0. The number of nitro groups is 1. The Balaban J connectivity index is 1.35. The molecule has 0 radical (unpaired) electrons. The van der Waals surface area contributed by atoms with Crippen LogP contribution in [0, 0.1) is 10.1 Å². The fourth-order valence-electron chi connectivity index (χ4n) is 4.00. The highest BCUT2D eigenvalue weighted by atomic mass is 35.5. The van der Waals surface area contributed by atoms with Gasteiger partial charge in [-0.3, -0.25) is 19.8 Å². The van der Waals surface area contributed by atoms with E-state index in [1.165, 1.54) is 29.4 Å². The number of benzene rings is 3. The second-order valence-electron chi connectivity index (χ2n) is 7.97. The number of carbonyl (C=O) groups is 1. The van der Waals surface area contributed by atoms with Gasteiger partial charge in [-0.15, -0.1) is 0 Å². The van der Waals surface area contributed by atoms with Crippen LogP contribution in [0.3, 0.4) is 0 Å². The number of carbonyl (C=O) groups excluding carboxylic acids is 1. The molecule has 33 heavy (non-hydrogen) atoms. The van der Waals surface area contributed by atoms with Crippen molar-refractivity contribution in [2.24, 2.45) is 0 Å². The quantitative estimate of drug-likeness (QED) is 0.411. The Labute approximate surface area is 197 Å². The van der Waals surface area contributed by atoms with E-state index in [2.05, 4.69) is 45.4 Å². The zero-order chi connectivity index (χ0) is 23.2. The monoisotopic (exact) mass is 464 g/mol. The highest BCUT2D eigenvalue weighted by Crippen LogP contribution is 2.23. The Morgan fingerprint density at radius 1 is 0.939 bits per heavy atom. The molecule has 0 atom stereocenters. The molecule has 1 fully saturated rings. The van der Waals surface area contributed by atoms with E-state index < -0.39 is 4.92 Å². The average Bonchev–Trinajstić information content (AvgIpc) is 2.84. The number of halogens is 1. The summed E-state index contributed by atoms with van der Waals surface area (Å²) in [6.45, 7) is 5.05. The molecule has 1 aliphatic rings. The number of hydrogen-bond donors (Lipinski definition) is 1. The Hall–Kier alpha value is -3.42. The fourth-order valence-corrected chi connectivity index (χ4v) is 4.26. The molecule has 1 amide bonds. The van der Waals surface area contributed by atoms with Crippen LogP contribution in [-0.4, -0.2) is 41.9 Å². The van der Waals surface area contributed by atoms with Crippen LogP contribution in [0.15, 0.2) is 72.8 Å². The molecule has 1 N–H and O–H groups in total. The minimum absolute atomic E-state index is 0.0614. The predicted molar refractivity (Wildman–Crippen MR) is 130 cm³/mol. The van der Waals surface area contributed by atoms with Crippen molar-refractivity contribution in [2.75, 3.05) is 31.1 Å². The van der Waals surface area contributed by atoms with Crippen LogP contribution in [0.4, 0.5) is 11.4 Å². The normalized spacial score (nSPS) is 14.2. The lowest BCUT2D eigenvalue weighted by Gasteiger charge is -2.36. The topological polar surface area (TPSA) is 78.7 Å². The standard InChI is InChI=1S/C25H25ClN4O3/c26-24-16-22(30(32)33)10-11-23(24)25(31)27-17-19-6-4-5-7-20(19)18-28-12-14-29(15-13-28)21-8-2-1-3-9-21/h1-11,16H,12-15,17-18H2,(H,27,31). The number of piperazine rings is 1. The van der Waals surface area contributed by atoms with Gasteiger partial charge in [-0.2, -0.15) is 0 Å². The van der Waals surface area contributed by atoms with Gasteiger partial charge in [0.2, 0.25) is 0 Å². The van der Waals surface area contributed by atoms with Gasteiger partial charge < -0.3 is 10.2 Å². The van der Waals surface area contributed by atoms with Crippen LogP contribution in [0.1, 0.15) is 21.5 Å². The van der Waals surface area contributed by atoms with E-state index in [0.29, 0.717) is 6.54 Å². The van der Waals surface area contributed by atoms with Crippen LogP contribution in [0.5, 0.6) is 0 Å². The average molecular weight is 465 g/mol. The fraction of sp³-hybridized carbons (Fsp3) is 0.240. The minimum Gasteiger partial charge on any atom is -0.369 e. The van der Waals surface area contributed by atoms with E-state index in [4.69, 9.17) is 11.6 Å². The second kappa shape index (κ2) is 10.5. The first-order valence-electron chi connectivity index (χ1n) is 10.8. The Morgan fingerprint density at radius 2 is 1.61 bits per heavy atom. The van der Waals surface area contributed by atoms with Crippen LogP contribution in [0.2, 0.25) is 5.02 Å². The van der Waals surface area contributed by atoms with Gasteiger partial charge >= 0.3 is 0 Å². The van der Waals surface area contributed by atoms with Crippen molar-refractivity contribution in [2.45, 2.75) is 13.1 Å². The third kappa shape index (κ3) is 5.69. The molecule has 0 aliphatic carbocycles. The third-order valence-corrected chi connectivity index (χ3v) is 6.17. The Bertz CT molecular complexity index is 1130. The third-order valence-electron chi connectivity index (χ3n) is 5.85. The summed E-state index contributed by atoms with van der Waals surface area (Å²) in [5.74, 6) is -0.360. The van der Waals surface area contributed by atoms with Crippen molar-refractivity contribution in [3.8, 4) is 0 Å². The number of nitrogens with one attached hydrogen (secondary N) is 1. The Kier molecular flexibility index (Phi) is 7.22. The van der Waals surface area contributed by atoms with E-state index in [0.717, 1.165) is 38.3 Å². The van der Waals surface area contributed by atoms with Crippen molar-refractivity contribution in [1.82, 2.24) is 10.2 Å². The maximum atomic E-state index is 12.6. The SMILES string of the molecule is O=C(NCc1ccccc1CN1CCN(c2ccccc2)CC1)c1ccc([N+](=O)[O-])cc1Cl. The molecule has 0 spiro atoms. The molecule has 1 aliphatic heterocycles. The van der Waals surface area contributed by atoms with Gasteiger partial charge in [-0.1, -0.05) is 54.1 Å². The van der Waals surface area contributed by atoms with E-state index in [1.54, 1.807) is 0 Å². The second-order valence-corrected chi connectivity index (χ2v) is 8.38. The van der Waals surface area contributed by atoms with Crippen LogP contribution >= 0.6 is 11.6 Å². The molecule has 8 heteroatoms. The minimum atomic E-state index is -0.538. The molecule has 1 saturated heterocycles. The maximum absolute atomic E-state index is 12.6. The number of nitrogens with zero attached hydrogens (tertiary/aromatic N) is 3. The molecule has 0 saturated carbocycles. The highest BCUT2D eigenvalue weighted by molar-refractivity contribution is 6.34. The molecule has 3 aromatic rings. The largest absolute Gasteiger partial charge is 0.369 e. The molecular weight excluding hydrogens is 440 g/mol. The Morgan fingerprint density at radius 3 is 2.27 bits per heavy atom. The first kappa shape index (κ1) is 22.8. The lowest BCUT2D eigenvalue weighted by Crippen LogP contribution is -2.46. The molecular formula is C25H25ClN4O3. The zero-order valence-corrected chi connectivity index (χ0v) is 18.9. The van der Waals surface area contributed by atoms with Crippen molar-refractivity contribution in [3.63, 3.8) is 0 Å². The van der Waals surface area contributed by atoms with E-state index in [-0.39, 0.29) is 22.2 Å². The smallest absolute Gasteiger partial charge is 0.270 e. The number of hydrogen-bond acceptors (Lipinski definition) is 5. The first-order valence-corrected chi connectivity index (χ1v) is 11.2. The van der Waals surface area contributed by atoms with E-state index in [1.807, 2.05) is 24.3 Å². The number of para-hydroxylation sites is 1. The summed E-state index contributed by atoms with van der Waals surface area (Å²) in [6.07, 6.45) is 0. The van der Waals surface area contributed by atoms with Crippen LogP contribution in [0.25, 0.3) is 0 Å². The van der Waals surface area contributed by atoms with Crippen molar-refractivity contribution in [3.05, 3.63) is 105 Å². The molecule has 0 aromatic heterocycles. The van der Waals surface area contributed by atoms with Gasteiger partial charge in [0.15, 0.2) is 0 Å². The lowest BCUT2D eigenvalue weighted by molar-refractivity contribution is -0.384. The molecule has 170 valence electrons. The maximum Gasteiger partial charge on any atom is 0.270 e. The number of anilines is 1. The van der Waals surface area contributed by atoms with E-state index in [9.17, 15) is 14.9 Å². The number of rotatable bonds is 7. The molecule has 4 rings (SSSR count). The number of nitro benzene ring substituents is 1. The molecule has 3 aromatic carbocycles. The lowest BCUT2D eigenvalue weighted by atomic mass is 10.1. The summed E-state index contributed by atoms with van der Waals surface area (Å²) in [4.78, 5) is 27.8. The van der Waals surface area contributed by atoms with Crippen LogP contribution in [-0.2, 0) is 13.1 Å². The number of non-ortho nitro benzene ring substituents is 1. The van der Waals surface area contributed by atoms with Gasteiger partial charge in [0, 0.05) is 57.1 Å². The first-order chi connectivity index (χ1) is 16.0. The highest BCUT2D eigenvalue weighted by Gasteiger charge is 2.19. The van der Waals surface area contributed by atoms with Crippen molar-refractivity contribution >= 4 is 28.9 Å². The van der Waals surface area contributed by atoms with Crippen LogP contribution < -0.4 is 10.2 Å². The van der Waals surface area contributed by atoms with Gasteiger partial charge in [0.1, 0.15) is 0 Å². The van der Waals surface area contributed by atoms with Crippen molar-refractivity contribution < 1.29 is 9.72 Å². The summed E-state index contributed by atoms with van der Waals surface area (Å²) in [5.41, 5.74) is 3.53. The summed E-state index contributed by atoms with van der Waals surface area (Å²) in [6, 6.07) is 22.4. The van der Waals surface area contributed by atoms with Gasteiger partial charge in [-0.05, 0) is 29.3 Å². The molecule has 1 heterocycles. The van der Waals surface area contributed by atoms with Crippen molar-refractivity contribution in [1.29, 1.82) is 0 Å². The van der Waals surface area contributed by atoms with E-state index >= 15 is 0 Å².